The van der Waals surface area contributed by atoms with Gasteiger partial charge in [-0.1, -0.05) is 65.2 Å². The summed E-state index contributed by atoms with van der Waals surface area (Å²) < 4.78 is 11.4. The fourth-order valence-corrected chi connectivity index (χ4v) is 5.14. The summed E-state index contributed by atoms with van der Waals surface area (Å²) in [5, 5.41) is 9.86. The van der Waals surface area contributed by atoms with Crippen LogP contribution in [-0.2, 0) is 4.79 Å². The number of aromatic nitrogens is 1. The van der Waals surface area contributed by atoms with E-state index >= 15 is 0 Å². The van der Waals surface area contributed by atoms with Gasteiger partial charge in [-0.15, -0.1) is 0 Å². The van der Waals surface area contributed by atoms with Gasteiger partial charge in [0.1, 0.15) is 11.5 Å². The van der Waals surface area contributed by atoms with Crippen molar-refractivity contribution < 1.29 is 14.3 Å². The Labute approximate surface area is 223 Å². The van der Waals surface area contributed by atoms with Gasteiger partial charge in [0.25, 0.3) is 0 Å². The first-order valence-electron chi connectivity index (χ1n) is 14.4. The molecule has 1 aromatic heterocycles. The molecule has 1 aliphatic carbocycles. The lowest BCUT2D eigenvalue weighted by Gasteiger charge is -2.34. The van der Waals surface area contributed by atoms with Crippen molar-refractivity contribution in [1.29, 1.82) is 5.26 Å². The molecule has 1 aromatic carbocycles. The van der Waals surface area contributed by atoms with E-state index in [4.69, 9.17) is 9.47 Å². The lowest BCUT2D eigenvalue weighted by Crippen LogP contribution is -2.31. The Morgan fingerprint density at radius 2 is 1.57 bits per heavy atom. The van der Waals surface area contributed by atoms with Crippen molar-refractivity contribution in [3.8, 4) is 28.8 Å². The Morgan fingerprint density at radius 3 is 2.22 bits per heavy atom. The molecule has 1 aliphatic rings. The van der Waals surface area contributed by atoms with Crippen LogP contribution in [0.1, 0.15) is 104 Å². The van der Waals surface area contributed by atoms with Gasteiger partial charge < -0.3 is 9.47 Å². The van der Waals surface area contributed by atoms with E-state index in [0.717, 1.165) is 62.0 Å². The van der Waals surface area contributed by atoms with Crippen LogP contribution in [0.2, 0.25) is 0 Å². The fraction of sp³-hybridized carbons (Fsp3) is 0.594. The SMILES string of the molecule is CCCCCCCC[C@]1(C#N)CC[C@H](C(=O)Oc2ccc(-c3ccc(OCCCCC)cn3)cc2)CC1. The molecule has 1 saturated carbocycles. The highest BCUT2D eigenvalue weighted by molar-refractivity contribution is 5.75. The quantitative estimate of drug-likeness (QED) is 0.138. The molecular weight excluding hydrogens is 460 g/mol. The number of hydrogen-bond acceptors (Lipinski definition) is 5. The maximum absolute atomic E-state index is 12.8. The van der Waals surface area contributed by atoms with Crippen LogP contribution in [0.15, 0.2) is 42.6 Å². The number of nitriles is 1. The summed E-state index contributed by atoms with van der Waals surface area (Å²) in [6, 6.07) is 14.0. The summed E-state index contributed by atoms with van der Waals surface area (Å²) in [6.07, 6.45) is 16.6. The predicted octanol–water partition coefficient (Wildman–Crippen LogP) is 8.67. The molecule has 0 bridgehead atoms. The molecule has 1 fully saturated rings. The molecule has 37 heavy (non-hydrogen) atoms. The number of hydrogen-bond donors (Lipinski definition) is 0. The smallest absolute Gasteiger partial charge is 0.314 e. The molecular formula is C32H44N2O3. The number of esters is 1. The van der Waals surface area contributed by atoms with Crippen molar-refractivity contribution in [2.24, 2.45) is 11.3 Å². The third-order valence-corrected chi connectivity index (χ3v) is 7.64. The molecule has 0 unspecified atom stereocenters. The number of rotatable bonds is 15. The second-order valence-corrected chi connectivity index (χ2v) is 10.6. The number of unbranched alkanes of at least 4 members (excludes halogenated alkanes) is 7. The van der Waals surface area contributed by atoms with Gasteiger partial charge in [-0.25, -0.2) is 0 Å². The van der Waals surface area contributed by atoms with Gasteiger partial charge in [-0.2, -0.15) is 5.26 Å². The molecule has 0 saturated heterocycles. The predicted molar refractivity (Wildman–Crippen MR) is 148 cm³/mol. The van der Waals surface area contributed by atoms with E-state index in [9.17, 15) is 10.1 Å². The van der Waals surface area contributed by atoms with Gasteiger partial charge in [0.05, 0.1) is 35.9 Å². The van der Waals surface area contributed by atoms with E-state index in [1.807, 2.05) is 36.4 Å². The average Bonchev–Trinajstić information content (AvgIpc) is 2.94. The number of ether oxygens (including phenoxy) is 2. The Kier molecular flexibility index (Phi) is 11.9. The first-order valence-corrected chi connectivity index (χ1v) is 14.4. The molecule has 0 N–H and O–H groups in total. The molecule has 200 valence electrons. The largest absolute Gasteiger partial charge is 0.492 e. The van der Waals surface area contributed by atoms with Crippen LogP contribution in [0.4, 0.5) is 0 Å². The van der Waals surface area contributed by atoms with Crippen molar-refractivity contribution in [1.82, 2.24) is 4.98 Å². The summed E-state index contributed by atoms with van der Waals surface area (Å²) in [6.45, 7) is 5.12. The Bertz CT molecular complexity index is 971. The third-order valence-electron chi connectivity index (χ3n) is 7.64. The van der Waals surface area contributed by atoms with Crippen LogP contribution in [0.5, 0.6) is 11.5 Å². The van der Waals surface area contributed by atoms with Gasteiger partial charge in [0.15, 0.2) is 0 Å². The lowest BCUT2D eigenvalue weighted by atomic mass is 9.69. The Hall–Kier alpha value is -2.87. The van der Waals surface area contributed by atoms with Crippen LogP contribution in [0, 0.1) is 22.7 Å². The van der Waals surface area contributed by atoms with Gasteiger partial charge >= 0.3 is 5.97 Å². The molecule has 5 nitrogen and oxygen atoms in total. The molecule has 1 heterocycles. The number of nitrogens with zero attached hydrogens (tertiary/aromatic N) is 2. The number of benzene rings is 1. The number of pyridine rings is 1. The van der Waals surface area contributed by atoms with Crippen molar-refractivity contribution in [3.05, 3.63) is 42.6 Å². The summed E-state index contributed by atoms with van der Waals surface area (Å²) in [7, 11) is 0. The van der Waals surface area contributed by atoms with Crippen LogP contribution >= 0.6 is 0 Å². The highest BCUT2D eigenvalue weighted by Crippen LogP contribution is 2.43. The second-order valence-electron chi connectivity index (χ2n) is 10.6. The Balaban J connectivity index is 1.44. The van der Waals surface area contributed by atoms with E-state index in [0.29, 0.717) is 12.4 Å². The number of carbonyl (C=O) groups excluding carboxylic acids is 1. The molecule has 5 heteroatoms. The summed E-state index contributed by atoms with van der Waals surface area (Å²) in [5.41, 5.74) is 1.56. The monoisotopic (exact) mass is 504 g/mol. The van der Waals surface area contributed by atoms with E-state index in [1.165, 1.54) is 44.9 Å². The van der Waals surface area contributed by atoms with Crippen LogP contribution in [0.3, 0.4) is 0 Å². The number of carbonyl (C=O) groups is 1. The average molecular weight is 505 g/mol. The zero-order valence-electron chi connectivity index (χ0n) is 22.8. The van der Waals surface area contributed by atoms with Crippen molar-refractivity contribution in [3.63, 3.8) is 0 Å². The van der Waals surface area contributed by atoms with Crippen LogP contribution < -0.4 is 9.47 Å². The standard InChI is InChI=1S/C32H44N2O3/c1-3-5-7-8-9-10-20-32(25-33)21-18-27(19-22-32)31(35)37-28-14-12-26(13-15-28)30-17-16-29(24-34-30)36-23-11-6-4-2/h12-17,24,27H,3-11,18-23H2,1-2H3/t27-,32-. The minimum Gasteiger partial charge on any atom is -0.492 e. The lowest BCUT2D eigenvalue weighted by molar-refractivity contribution is -0.140. The first-order chi connectivity index (χ1) is 18.1. The maximum atomic E-state index is 12.8. The second kappa shape index (κ2) is 15.4. The zero-order valence-corrected chi connectivity index (χ0v) is 22.8. The van der Waals surface area contributed by atoms with E-state index in [1.54, 1.807) is 6.20 Å². The fourth-order valence-electron chi connectivity index (χ4n) is 5.14. The topological polar surface area (TPSA) is 72.2 Å². The molecule has 0 aliphatic heterocycles. The van der Waals surface area contributed by atoms with Gasteiger partial charge in [0.2, 0.25) is 0 Å². The van der Waals surface area contributed by atoms with Crippen molar-refractivity contribution in [2.75, 3.05) is 6.61 Å². The van der Waals surface area contributed by atoms with Crippen LogP contribution in [0.25, 0.3) is 11.3 Å². The van der Waals surface area contributed by atoms with Crippen molar-refractivity contribution >= 4 is 5.97 Å². The Morgan fingerprint density at radius 1 is 0.919 bits per heavy atom. The van der Waals surface area contributed by atoms with E-state index in [2.05, 4.69) is 24.9 Å². The maximum Gasteiger partial charge on any atom is 0.314 e. The highest BCUT2D eigenvalue weighted by Gasteiger charge is 2.37. The summed E-state index contributed by atoms with van der Waals surface area (Å²) in [5.74, 6) is 1.03. The minimum absolute atomic E-state index is 0.128. The molecule has 0 atom stereocenters. The molecule has 2 aromatic rings. The molecule has 0 spiro atoms. The summed E-state index contributed by atoms with van der Waals surface area (Å²) >= 11 is 0. The van der Waals surface area contributed by atoms with Crippen molar-refractivity contribution in [2.45, 2.75) is 104 Å². The molecule has 0 amide bonds. The minimum atomic E-state index is -0.258. The highest BCUT2D eigenvalue weighted by atomic mass is 16.5. The summed E-state index contributed by atoms with van der Waals surface area (Å²) in [4.78, 5) is 17.3. The first kappa shape index (κ1) is 28.7. The molecule has 3 rings (SSSR count). The van der Waals surface area contributed by atoms with Gasteiger partial charge in [-0.3, -0.25) is 9.78 Å². The normalized spacial score (nSPS) is 19.2. The van der Waals surface area contributed by atoms with Gasteiger partial charge in [0, 0.05) is 5.56 Å². The van der Waals surface area contributed by atoms with Gasteiger partial charge in [-0.05, 0) is 74.9 Å². The van der Waals surface area contributed by atoms with E-state index < -0.39 is 0 Å². The molecule has 0 radical (unpaired) electrons. The zero-order chi connectivity index (χ0) is 26.3. The third kappa shape index (κ3) is 9.18. The van der Waals surface area contributed by atoms with E-state index in [-0.39, 0.29) is 17.3 Å². The van der Waals surface area contributed by atoms with Crippen LogP contribution in [-0.4, -0.2) is 17.6 Å².